The highest BCUT2D eigenvalue weighted by Gasteiger charge is 2.27. The van der Waals surface area contributed by atoms with Crippen molar-refractivity contribution >= 4 is 5.91 Å². The minimum absolute atomic E-state index is 0.152. The van der Waals surface area contributed by atoms with Crippen LogP contribution >= 0.6 is 0 Å². The Balaban J connectivity index is 2.35. The fourth-order valence-corrected chi connectivity index (χ4v) is 2.26. The van der Waals surface area contributed by atoms with Gasteiger partial charge in [0.05, 0.1) is 0 Å². The highest BCUT2D eigenvalue weighted by Crippen LogP contribution is 2.24. The fourth-order valence-electron chi connectivity index (χ4n) is 2.26. The zero-order valence-electron chi connectivity index (χ0n) is 12.0. The Morgan fingerprint density at radius 2 is 2.12 bits per heavy atom. The maximum absolute atomic E-state index is 12.1. The molecular weight excluding hydrogens is 212 g/mol. The Bertz CT molecular complexity index is 251. The van der Waals surface area contributed by atoms with Gasteiger partial charge in [0, 0.05) is 19.5 Å². The van der Waals surface area contributed by atoms with E-state index >= 15 is 0 Å². The quantitative estimate of drug-likeness (QED) is 0.817. The van der Waals surface area contributed by atoms with Crippen molar-refractivity contribution in [3.05, 3.63) is 0 Å². The third-order valence-corrected chi connectivity index (χ3v) is 4.16. The van der Waals surface area contributed by atoms with E-state index < -0.39 is 0 Å². The lowest BCUT2D eigenvalue weighted by Gasteiger charge is -2.35. The van der Waals surface area contributed by atoms with Gasteiger partial charge in [0.15, 0.2) is 0 Å². The van der Waals surface area contributed by atoms with Gasteiger partial charge in [-0.3, -0.25) is 4.79 Å². The molecule has 1 heterocycles. The van der Waals surface area contributed by atoms with Gasteiger partial charge in [-0.1, -0.05) is 20.8 Å². The topological polar surface area (TPSA) is 32.3 Å². The first-order valence-electron chi connectivity index (χ1n) is 6.78. The van der Waals surface area contributed by atoms with Crippen LogP contribution in [0.3, 0.4) is 0 Å². The zero-order valence-corrected chi connectivity index (χ0v) is 12.0. The second kappa shape index (κ2) is 5.85. The average Bonchev–Trinajstić information content (AvgIpc) is 2.75. The van der Waals surface area contributed by atoms with Crippen molar-refractivity contribution in [3.63, 3.8) is 0 Å². The van der Waals surface area contributed by atoms with E-state index in [1.54, 1.807) is 0 Å². The normalized spacial score (nSPS) is 22.5. The first-order valence-corrected chi connectivity index (χ1v) is 6.78. The molecule has 0 bridgehead atoms. The molecule has 100 valence electrons. The summed E-state index contributed by atoms with van der Waals surface area (Å²) in [5.74, 6) is 0.997. The van der Waals surface area contributed by atoms with Crippen molar-refractivity contribution in [2.45, 2.75) is 53.0 Å². The highest BCUT2D eigenvalue weighted by molar-refractivity contribution is 5.76. The van der Waals surface area contributed by atoms with Crippen molar-refractivity contribution < 1.29 is 4.79 Å². The first kappa shape index (κ1) is 14.5. The third-order valence-electron chi connectivity index (χ3n) is 4.16. The van der Waals surface area contributed by atoms with Crippen LogP contribution in [0, 0.1) is 11.3 Å². The summed E-state index contributed by atoms with van der Waals surface area (Å²) in [7, 11) is 1.94. The van der Waals surface area contributed by atoms with Crippen molar-refractivity contribution in [2.75, 3.05) is 20.1 Å². The van der Waals surface area contributed by atoms with Crippen LogP contribution in [-0.2, 0) is 4.79 Å². The summed E-state index contributed by atoms with van der Waals surface area (Å²) in [6, 6.07) is 0.289. The van der Waals surface area contributed by atoms with Crippen LogP contribution in [0.1, 0.15) is 47.0 Å². The fraction of sp³-hybridized carbons (Fsp3) is 0.929. The second-order valence-corrected chi connectivity index (χ2v) is 6.44. The summed E-state index contributed by atoms with van der Waals surface area (Å²) in [5.41, 5.74) is 0.152. The number of hydrogen-bond acceptors (Lipinski definition) is 2. The monoisotopic (exact) mass is 240 g/mol. The first-order chi connectivity index (χ1) is 7.82. The molecule has 1 amide bonds. The molecule has 1 fully saturated rings. The van der Waals surface area contributed by atoms with Gasteiger partial charge in [0.2, 0.25) is 5.91 Å². The van der Waals surface area contributed by atoms with E-state index in [4.69, 9.17) is 0 Å². The zero-order chi connectivity index (χ0) is 13.1. The summed E-state index contributed by atoms with van der Waals surface area (Å²) >= 11 is 0. The molecule has 0 aromatic carbocycles. The molecule has 3 nitrogen and oxygen atoms in total. The van der Waals surface area contributed by atoms with Crippen molar-refractivity contribution in [1.29, 1.82) is 0 Å². The van der Waals surface area contributed by atoms with Gasteiger partial charge in [-0.05, 0) is 44.2 Å². The number of rotatable bonds is 4. The minimum Gasteiger partial charge on any atom is -0.343 e. The Hall–Kier alpha value is -0.570. The molecule has 3 heteroatoms. The largest absolute Gasteiger partial charge is 0.343 e. The summed E-state index contributed by atoms with van der Waals surface area (Å²) in [6.45, 7) is 10.9. The number of carbonyl (C=O) groups is 1. The van der Waals surface area contributed by atoms with E-state index in [0.717, 1.165) is 19.5 Å². The summed E-state index contributed by atoms with van der Waals surface area (Å²) in [4.78, 5) is 14.0. The van der Waals surface area contributed by atoms with Gasteiger partial charge in [0.1, 0.15) is 0 Å². The SMILES string of the molecule is CC(N(C)C(=O)CCC1CCNC1)C(C)(C)C. The standard InChI is InChI=1S/C14H28N2O/c1-11(14(2,3)4)16(5)13(17)7-6-12-8-9-15-10-12/h11-12,15H,6-10H2,1-5H3. The molecule has 0 aromatic heterocycles. The van der Waals surface area contributed by atoms with Crippen LogP contribution in [0.5, 0.6) is 0 Å². The molecule has 0 radical (unpaired) electrons. The summed E-state index contributed by atoms with van der Waals surface area (Å²) in [6.07, 6.45) is 2.96. The van der Waals surface area contributed by atoms with E-state index in [1.807, 2.05) is 11.9 Å². The molecule has 2 unspecified atom stereocenters. The molecule has 0 aromatic rings. The van der Waals surface area contributed by atoms with E-state index in [9.17, 15) is 4.79 Å². The molecule has 1 aliphatic heterocycles. The molecule has 0 saturated carbocycles. The number of nitrogens with zero attached hydrogens (tertiary/aromatic N) is 1. The molecule has 17 heavy (non-hydrogen) atoms. The summed E-state index contributed by atoms with van der Waals surface area (Å²) < 4.78 is 0. The van der Waals surface area contributed by atoms with E-state index in [0.29, 0.717) is 18.2 Å². The number of nitrogens with one attached hydrogen (secondary N) is 1. The highest BCUT2D eigenvalue weighted by atomic mass is 16.2. The predicted molar refractivity (Wildman–Crippen MR) is 71.9 cm³/mol. The van der Waals surface area contributed by atoms with Crippen molar-refractivity contribution in [3.8, 4) is 0 Å². The Morgan fingerprint density at radius 3 is 2.59 bits per heavy atom. The van der Waals surface area contributed by atoms with E-state index in [2.05, 4.69) is 33.0 Å². The number of carbonyl (C=O) groups excluding carboxylic acids is 1. The van der Waals surface area contributed by atoms with Crippen LogP contribution < -0.4 is 5.32 Å². The molecule has 1 N–H and O–H groups in total. The smallest absolute Gasteiger partial charge is 0.222 e. The molecule has 1 aliphatic rings. The second-order valence-electron chi connectivity index (χ2n) is 6.44. The van der Waals surface area contributed by atoms with Gasteiger partial charge in [-0.25, -0.2) is 0 Å². The van der Waals surface area contributed by atoms with Gasteiger partial charge < -0.3 is 10.2 Å². The predicted octanol–water partition coefficient (Wildman–Crippen LogP) is 2.27. The van der Waals surface area contributed by atoms with Gasteiger partial charge in [0.25, 0.3) is 0 Å². The van der Waals surface area contributed by atoms with Crippen LogP contribution in [0.4, 0.5) is 0 Å². The number of amides is 1. The van der Waals surface area contributed by atoms with Crippen LogP contribution in [-0.4, -0.2) is 37.0 Å². The maximum atomic E-state index is 12.1. The van der Waals surface area contributed by atoms with E-state index in [-0.39, 0.29) is 11.5 Å². The molecular formula is C14H28N2O. The van der Waals surface area contributed by atoms with Crippen LogP contribution in [0.2, 0.25) is 0 Å². The number of hydrogen-bond donors (Lipinski definition) is 1. The lowest BCUT2D eigenvalue weighted by molar-refractivity contribution is -0.133. The van der Waals surface area contributed by atoms with E-state index in [1.165, 1.54) is 6.42 Å². The third kappa shape index (κ3) is 4.30. The molecule has 1 rings (SSSR count). The maximum Gasteiger partial charge on any atom is 0.222 e. The van der Waals surface area contributed by atoms with Gasteiger partial charge >= 0.3 is 0 Å². The Morgan fingerprint density at radius 1 is 1.47 bits per heavy atom. The van der Waals surface area contributed by atoms with Crippen molar-refractivity contribution in [2.24, 2.45) is 11.3 Å². The van der Waals surface area contributed by atoms with Crippen LogP contribution in [0.25, 0.3) is 0 Å². The lowest BCUT2D eigenvalue weighted by atomic mass is 9.87. The Kier molecular flexibility index (Phi) is 4.99. The summed E-state index contributed by atoms with van der Waals surface area (Å²) in [5, 5.41) is 3.35. The van der Waals surface area contributed by atoms with Crippen LogP contribution in [0.15, 0.2) is 0 Å². The van der Waals surface area contributed by atoms with Crippen molar-refractivity contribution in [1.82, 2.24) is 10.2 Å². The molecule has 2 atom stereocenters. The molecule has 0 spiro atoms. The lowest BCUT2D eigenvalue weighted by Crippen LogP contribution is -2.43. The van der Waals surface area contributed by atoms with Gasteiger partial charge in [-0.2, -0.15) is 0 Å². The molecule has 0 aliphatic carbocycles. The molecule has 1 saturated heterocycles. The minimum atomic E-state index is 0.152. The Labute approximate surface area is 106 Å². The average molecular weight is 240 g/mol. The van der Waals surface area contributed by atoms with Gasteiger partial charge in [-0.15, -0.1) is 0 Å².